The van der Waals surface area contributed by atoms with Crippen molar-refractivity contribution in [1.82, 2.24) is 4.90 Å². The van der Waals surface area contributed by atoms with Crippen LogP contribution < -0.4 is 5.32 Å². The Labute approximate surface area is 127 Å². The Balaban J connectivity index is 1.60. The highest BCUT2D eigenvalue weighted by molar-refractivity contribution is 5.46. The van der Waals surface area contributed by atoms with Gasteiger partial charge >= 0.3 is 0 Å². The molecule has 2 aromatic carbocycles. The van der Waals surface area contributed by atoms with Gasteiger partial charge in [-0.1, -0.05) is 42.5 Å². The molecule has 110 valence electrons. The van der Waals surface area contributed by atoms with E-state index in [2.05, 4.69) is 78.9 Å². The molecule has 0 bridgehead atoms. The summed E-state index contributed by atoms with van der Waals surface area (Å²) >= 11 is 0. The normalized spacial score (nSPS) is 16.0. The first-order valence-corrected chi connectivity index (χ1v) is 7.71. The Morgan fingerprint density at radius 2 is 1.62 bits per heavy atom. The van der Waals surface area contributed by atoms with Crippen LogP contribution in [-0.2, 0) is 12.0 Å². The van der Waals surface area contributed by atoms with Crippen molar-refractivity contribution in [2.75, 3.05) is 26.0 Å². The van der Waals surface area contributed by atoms with Gasteiger partial charge in [0.2, 0.25) is 0 Å². The molecule has 0 amide bonds. The van der Waals surface area contributed by atoms with Crippen molar-refractivity contribution >= 4 is 5.69 Å². The fraction of sp³-hybridized carbons (Fsp3) is 0.368. The molecule has 0 atom stereocenters. The molecule has 1 aliphatic rings. The zero-order valence-electron chi connectivity index (χ0n) is 13.0. The van der Waals surface area contributed by atoms with Gasteiger partial charge in [-0.05, 0) is 50.2 Å². The molecule has 0 heterocycles. The van der Waals surface area contributed by atoms with Gasteiger partial charge < -0.3 is 10.2 Å². The third-order valence-electron chi connectivity index (χ3n) is 4.32. The van der Waals surface area contributed by atoms with Crippen molar-refractivity contribution in [2.45, 2.75) is 24.8 Å². The Morgan fingerprint density at radius 3 is 2.19 bits per heavy atom. The molecule has 0 aromatic heterocycles. The minimum atomic E-state index is 0.365. The molecule has 0 aliphatic heterocycles. The highest BCUT2D eigenvalue weighted by Crippen LogP contribution is 2.48. The van der Waals surface area contributed by atoms with E-state index in [4.69, 9.17) is 0 Å². The van der Waals surface area contributed by atoms with Crippen LogP contribution in [0.4, 0.5) is 5.69 Å². The van der Waals surface area contributed by atoms with E-state index < -0.39 is 0 Å². The summed E-state index contributed by atoms with van der Waals surface area (Å²) in [5.74, 6) is 0. The van der Waals surface area contributed by atoms with Gasteiger partial charge in [0, 0.05) is 24.2 Å². The van der Waals surface area contributed by atoms with Crippen molar-refractivity contribution in [1.29, 1.82) is 0 Å². The van der Waals surface area contributed by atoms with E-state index >= 15 is 0 Å². The molecule has 2 heteroatoms. The molecular weight excluding hydrogens is 256 g/mol. The largest absolute Gasteiger partial charge is 0.384 e. The van der Waals surface area contributed by atoms with Gasteiger partial charge in [0.15, 0.2) is 0 Å². The Bertz CT molecular complexity index is 568. The van der Waals surface area contributed by atoms with Crippen molar-refractivity contribution in [3.8, 4) is 0 Å². The van der Waals surface area contributed by atoms with Gasteiger partial charge in [0.1, 0.15) is 0 Å². The third-order valence-corrected chi connectivity index (χ3v) is 4.32. The summed E-state index contributed by atoms with van der Waals surface area (Å²) in [6.07, 6.45) is 2.59. The van der Waals surface area contributed by atoms with Crippen LogP contribution in [-0.4, -0.2) is 25.5 Å². The molecule has 0 radical (unpaired) electrons. The van der Waals surface area contributed by atoms with Crippen LogP contribution in [0.2, 0.25) is 0 Å². The summed E-state index contributed by atoms with van der Waals surface area (Å²) in [5, 5.41) is 3.61. The number of nitrogens with one attached hydrogen (secondary N) is 1. The van der Waals surface area contributed by atoms with Gasteiger partial charge in [-0.3, -0.25) is 0 Å². The smallest absolute Gasteiger partial charge is 0.0340 e. The molecular formula is C19H24N2. The van der Waals surface area contributed by atoms with Crippen LogP contribution in [0.3, 0.4) is 0 Å². The van der Waals surface area contributed by atoms with Gasteiger partial charge in [0.25, 0.3) is 0 Å². The summed E-state index contributed by atoms with van der Waals surface area (Å²) in [7, 11) is 4.20. The highest BCUT2D eigenvalue weighted by atomic mass is 15.0. The van der Waals surface area contributed by atoms with Crippen LogP contribution in [0.5, 0.6) is 0 Å². The first kappa shape index (κ1) is 14.2. The average Bonchev–Trinajstić information content (AvgIpc) is 3.28. The maximum atomic E-state index is 3.61. The molecule has 1 aliphatic carbocycles. The minimum Gasteiger partial charge on any atom is -0.384 e. The Morgan fingerprint density at radius 1 is 0.952 bits per heavy atom. The first-order chi connectivity index (χ1) is 10.2. The second-order valence-corrected chi connectivity index (χ2v) is 6.43. The predicted molar refractivity (Wildman–Crippen MR) is 89.7 cm³/mol. The number of hydrogen-bond donors (Lipinski definition) is 1. The first-order valence-electron chi connectivity index (χ1n) is 7.71. The van der Waals surface area contributed by atoms with Crippen molar-refractivity contribution in [2.24, 2.45) is 0 Å². The van der Waals surface area contributed by atoms with Gasteiger partial charge in [0.05, 0.1) is 0 Å². The third kappa shape index (κ3) is 3.45. The average molecular weight is 280 g/mol. The maximum absolute atomic E-state index is 3.61. The lowest BCUT2D eigenvalue weighted by atomic mass is 9.96. The summed E-state index contributed by atoms with van der Waals surface area (Å²) in [6.45, 7) is 2.03. The lowest BCUT2D eigenvalue weighted by molar-refractivity contribution is 0.402. The minimum absolute atomic E-state index is 0.365. The SMILES string of the molecule is CN(C)Cc1ccc(NCC2(c3ccccc3)CC2)cc1. The number of rotatable bonds is 6. The van der Waals surface area contributed by atoms with Crippen molar-refractivity contribution in [3.63, 3.8) is 0 Å². The molecule has 0 unspecified atom stereocenters. The second kappa shape index (κ2) is 5.90. The monoisotopic (exact) mass is 280 g/mol. The standard InChI is InChI=1S/C19H24N2/c1-21(2)14-16-8-10-18(11-9-16)20-15-19(12-13-19)17-6-4-3-5-7-17/h3-11,20H,12-15H2,1-2H3. The lowest BCUT2D eigenvalue weighted by Crippen LogP contribution is -2.19. The second-order valence-electron chi connectivity index (χ2n) is 6.43. The van der Waals surface area contributed by atoms with E-state index in [-0.39, 0.29) is 0 Å². The molecule has 1 fully saturated rings. The zero-order valence-corrected chi connectivity index (χ0v) is 13.0. The quantitative estimate of drug-likeness (QED) is 0.863. The molecule has 1 N–H and O–H groups in total. The summed E-state index contributed by atoms with van der Waals surface area (Å²) in [5.41, 5.74) is 4.42. The molecule has 0 spiro atoms. The van der Waals surface area contributed by atoms with E-state index in [0.29, 0.717) is 5.41 Å². The summed E-state index contributed by atoms with van der Waals surface area (Å²) in [4.78, 5) is 2.19. The van der Waals surface area contributed by atoms with Gasteiger partial charge in [-0.25, -0.2) is 0 Å². The van der Waals surface area contributed by atoms with Crippen LogP contribution in [0, 0.1) is 0 Å². The van der Waals surface area contributed by atoms with Crippen LogP contribution >= 0.6 is 0 Å². The Hall–Kier alpha value is -1.80. The molecule has 2 nitrogen and oxygen atoms in total. The predicted octanol–water partition coefficient (Wildman–Crippen LogP) is 3.89. The van der Waals surface area contributed by atoms with Crippen molar-refractivity contribution in [3.05, 3.63) is 65.7 Å². The van der Waals surface area contributed by atoms with E-state index in [1.54, 1.807) is 0 Å². The zero-order chi connectivity index (χ0) is 14.7. The fourth-order valence-corrected chi connectivity index (χ4v) is 2.87. The van der Waals surface area contributed by atoms with E-state index in [0.717, 1.165) is 13.1 Å². The lowest BCUT2D eigenvalue weighted by Gasteiger charge is -2.18. The molecule has 21 heavy (non-hydrogen) atoms. The topological polar surface area (TPSA) is 15.3 Å². The summed E-state index contributed by atoms with van der Waals surface area (Å²) < 4.78 is 0. The summed E-state index contributed by atoms with van der Waals surface area (Å²) in [6, 6.07) is 19.7. The number of hydrogen-bond acceptors (Lipinski definition) is 2. The van der Waals surface area contributed by atoms with E-state index in [1.807, 2.05) is 0 Å². The van der Waals surface area contributed by atoms with Gasteiger partial charge in [-0.15, -0.1) is 0 Å². The fourth-order valence-electron chi connectivity index (χ4n) is 2.87. The molecule has 3 rings (SSSR count). The Kier molecular flexibility index (Phi) is 3.98. The van der Waals surface area contributed by atoms with Crippen molar-refractivity contribution < 1.29 is 0 Å². The molecule has 2 aromatic rings. The van der Waals surface area contributed by atoms with Crippen LogP contribution in [0.15, 0.2) is 54.6 Å². The van der Waals surface area contributed by atoms with E-state index in [1.165, 1.54) is 29.7 Å². The molecule has 1 saturated carbocycles. The number of nitrogens with zero attached hydrogens (tertiary/aromatic N) is 1. The highest BCUT2D eigenvalue weighted by Gasteiger charge is 2.43. The number of benzene rings is 2. The van der Waals surface area contributed by atoms with Crippen LogP contribution in [0.25, 0.3) is 0 Å². The maximum Gasteiger partial charge on any atom is 0.0340 e. The van der Waals surface area contributed by atoms with Gasteiger partial charge in [-0.2, -0.15) is 0 Å². The van der Waals surface area contributed by atoms with Crippen LogP contribution in [0.1, 0.15) is 24.0 Å². The number of anilines is 1. The molecule has 0 saturated heterocycles. The van der Waals surface area contributed by atoms with E-state index in [9.17, 15) is 0 Å².